The zero-order valence-corrected chi connectivity index (χ0v) is 30.7. The number of aliphatic hydroxyl groups excluding tert-OH is 2. The number of para-hydroxylation sites is 1. The van der Waals surface area contributed by atoms with E-state index in [1.54, 1.807) is 19.0 Å². The second kappa shape index (κ2) is 14.9. The molecule has 49 heavy (non-hydrogen) atoms. The number of amides is 2. The largest absolute Gasteiger partial charge is 0.491 e. The maximum absolute atomic E-state index is 14.3. The van der Waals surface area contributed by atoms with Crippen LogP contribution in [0.1, 0.15) is 56.5 Å². The van der Waals surface area contributed by atoms with Gasteiger partial charge >= 0.3 is 0 Å². The Balaban J connectivity index is 1.51. The fourth-order valence-electron chi connectivity index (χ4n) is 8.39. The van der Waals surface area contributed by atoms with Crippen molar-refractivity contribution < 1.29 is 29.4 Å². The van der Waals surface area contributed by atoms with Crippen LogP contribution < -0.4 is 20.3 Å². The minimum Gasteiger partial charge on any atom is -0.491 e. The maximum Gasteiger partial charge on any atom is 0.251 e. The number of hydrogen-bond donors (Lipinski definition) is 4. The Labute approximate surface area is 291 Å². The van der Waals surface area contributed by atoms with Gasteiger partial charge in [0.15, 0.2) is 0 Å². The van der Waals surface area contributed by atoms with Crippen LogP contribution in [0.4, 0.5) is 5.69 Å². The molecule has 3 saturated carbocycles. The third kappa shape index (κ3) is 7.46. The lowest BCUT2D eigenvalue weighted by Gasteiger charge is -2.62. The number of anilines is 1. The van der Waals surface area contributed by atoms with E-state index in [0.717, 1.165) is 28.8 Å². The van der Waals surface area contributed by atoms with Gasteiger partial charge in [-0.3, -0.25) is 14.4 Å². The number of carbonyl (C=O) groups is 2. The van der Waals surface area contributed by atoms with Gasteiger partial charge in [0.05, 0.1) is 19.3 Å². The summed E-state index contributed by atoms with van der Waals surface area (Å²) in [7, 11) is 9.44. The Kier molecular flexibility index (Phi) is 11.3. The molecule has 4 fully saturated rings. The van der Waals surface area contributed by atoms with Crippen LogP contribution in [0.15, 0.2) is 36.4 Å². The van der Waals surface area contributed by atoms with Crippen molar-refractivity contribution >= 4 is 17.5 Å². The van der Waals surface area contributed by atoms with Gasteiger partial charge in [0.2, 0.25) is 5.91 Å². The van der Waals surface area contributed by atoms with Crippen LogP contribution in [0.25, 0.3) is 11.1 Å². The molecule has 6 rings (SSSR count). The van der Waals surface area contributed by atoms with Crippen LogP contribution in [0, 0.1) is 29.1 Å². The molecule has 1 heterocycles. The lowest BCUT2D eigenvalue weighted by Crippen LogP contribution is -2.62. The minimum absolute atomic E-state index is 0.0423. The number of carbonyl (C=O) groups excluding carboxylic acids is 2. The average molecular weight is 680 g/mol. The molecule has 3 aliphatic carbocycles. The number of fused-ring (bicyclic) bond motifs is 2. The molecule has 270 valence electrons. The summed E-state index contributed by atoms with van der Waals surface area (Å²) in [6, 6.07) is 10.8. The lowest BCUT2D eigenvalue weighted by atomic mass is 9.45. The number of hydrogen-bond acceptors (Lipinski definition) is 9. The maximum atomic E-state index is 14.3. The van der Waals surface area contributed by atoms with Gasteiger partial charge in [-0.15, -0.1) is 0 Å². The predicted octanol–water partition coefficient (Wildman–Crippen LogP) is 3.38. The molecule has 11 nitrogen and oxygen atoms in total. The van der Waals surface area contributed by atoms with E-state index in [9.17, 15) is 19.8 Å². The fraction of sp³-hybridized carbons (Fsp3) is 0.632. The van der Waals surface area contributed by atoms with Crippen LogP contribution in [0.2, 0.25) is 0 Å². The van der Waals surface area contributed by atoms with E-state index in [0.29, 0.717) is 42.2 Å². The molecule has 1 aliphatic heterocycles. The van der Waals surface area contributed by atoms with Gasteiger partial charge in [-0.2, -0.15) is 5.06 Å². The number of benzene rings is 2. The van der Waals surface area contributed by atoms with Crippen LogP contribution in [-0.4, -0.2) is 111 Å². The molecule has 1 saturated heterocycles. The minimum atomic E-state index is -0.895. The summed E-state index contributed by atoms with van der Waals surface area (Å²) in [6.07, 6.45) is 0.493. The van der Waals surface area contributed by atoms with Crippen LogP contribution in [-0.2, 0) is 16.2 Å². The van der Waals surface area contributed by atoms with Crippen LogP contribution in [0.3, 0.4) is 0 Å². The summed E-state index contributed by atoms with van der Waals surface area (Å²) in [5.41, 5.74) is 4.07. The van der Waals surface area contributed by atoms with Crippen molar-refractivity contribution in [3.8, 4) is 16.9 Å². The number of hydroxylamine groups is 2. The SMILES string of the molecule is CNC(=O)c1cc(-c2cccc(CN3O[C@@H](CO)[C@@H]([C@H](C)O)[C@H]3C(=O)NC3C[C@@H]4C[C@@H]([C@@H]3C)C4(C)C)c2OCCN(C)C)cc(N(C)C)c1. The van der Waals surface area contributed by atoms with Gasteiger partial charge < -0.3 is 35.4 Å². The first-order valence-electron chi connectivity index (χ1n) is 17.6. The highest BCUT2D eigenvalue weighted by Crippen LogP contribution is 2.61. The highest BCUT2D eigenvalue weighted by Gasteiger charge is 2.57. The van der Waals surface area contributed by atoms with E-state index in [2.05, 4.69) is 31.4 Å². The third-order valence-electron chi connectivity index (χ3n) is 11.5. The molecule has 11 heteroatoms. The third-order valence-corrected chi connectivity index (χ3v) is 11.5. The number of aliphatic hydroxyl groups is 2. The van der Waals surface area contributed by atoms with Gasteiger partial charge in [0, 0.05) is 62.0 Å². The predicted molar refractivity (Wildman–Crippen MR) is 191 cm³/mol. The average Bonchev–Trinajstić information content (AvgIpc) is 3.43. The second-order valence-electron chi connectivity index (χ2n) is 15.4. The van der Waals surface area contributed by atoms with Crippen molar-refractivity contribution in [2.75, 3.05) is 59.9 Å². The van der Waals surface area contributed by atoms with Gasteiger partial charge in [0.1, 0.15) is 24.5 Å². The first kappa shape index (κ1) is 37.0. The van der Waals surface area contributed by atoms with Crippen LogP contribution >= 0.6 is 0 Å². The molecule has 8 atom stereocenters. The molecule has 0 aromatic heterocycles. The monoisotopic (exact) mass is 679 g/mol. The number of nitrogens with zero attached hydrogens (tertiary/aromatic N) is 3. The summed E-state index contributed by atoms with van der Waals surface area (Å²) < 4.78 is 6.53. The summed E-state index contributed by atoms with van der Waals surface area (Å²) in [4.78, 5) is 37.4. The summed E-state index contributed by atoms with van der Waals surface area (Å²) >= 11 is 0. The highest BCUT2D eigenvalue weighted by atomic mass is 16.7. The molecule has 4 N–H and O–H groups in total. The summed E-state index contributed by atoms with van der Waals surface area (Å²) in [5, 5.41) is 29.0. The van der Waals surface area contributed by atoms with E-state index >= 15 is 0 Å². The van der Waals surface area contributed by atoms with Crippen molar-refractivity contribution in [1.29, 1.82) is 0 Å². The number of nitrogens with one attached hydrogen (secondary N) is 2. The molecular weight excluding hydrogens is 622 g/mol. The first-order valence-corrected chi connectivity index (χ1v) is 17.6. The van der Waals surface area contributed by atoms with Gasteiger partial charge in [-0.05, 0) is 80.8 Å². The quantitative estimate of drug-likeness (QED) is 0.252. The molecule has 2 aromatic rings. The topological polar surface area (TPSA) is 127 Å². The zero-order valence-electron chi connectivity index (χ0n) is 30.7. The van der Waals surface area contributed by atoms with Crippen molar-refractivity contribution in [2.24, 2.45) is 29.1 Å². The van der Waals surface area contributed by atoms with Crippen LogP contribution in [0.5, 0.6) is 5.75 Å². The second-order valence-corrected chi connectivity index (χ2v) is 15.4. The Morgan fingerprint density at radius 3 is 2.47 bits per heavy atom. The molecule has 4 aliphatic rings. The number of likely N-dealkylation sites (N-methyl/N-ethyl adjacent to an activating group) is 1. The van der Waals surface area contributed by atoms with Gasteiger partial charge in [-0.25, -0.2) is 0 Å². The van der Waals surface area contributed by atoms with E-state index < -0.39 is 24.2 Å². The van der Waals surface area contributed by atoms with E-state index in [1.807, 2.05) is 74.4 Å². The Morgan fingerprint density at radius 2 is 1.88 bits per heavy atom. The Morgan fingerprint density at radius 1 is 1.14 bits per heavy atom. The van der Waals surface area contributed by atoms with Crippen molar-refractivity contribution in [2.45, 2.75) is 71.4 Å². The Hall–Kier alpha value is -3.22. The number of rotatable bonds is 13. The molecule has 2 aromatic carbocycles. The summed E-state index contributed by atoms with van der Waals surface area (Å²) in [6.45, 7) is 9.49. The molecular formula is C38H57N5O6. The molecule has 0 spiro atoms. The molecule has 0 radical (unpaired) electrons. The Bertz CT molecular complexity index is 1490. The van der Waals surface area contributed by atoms with Crippen molar-refractivity contribution in [1.82, 2.24) is 20.6 Å². The molecule has 2 amide bonds. The smallest absolute Gasteiger partial charge is 0.251 e. The molecule has 1 unspecified atom stereocenters. The summed E-state index contributed by atoms with van der Waals surface area (Å²) in [5.74, 6) is 1.07. The number of ether oxygens (including phenoxy) is 1. The highest BCUT2D eigenvalue weighted by molar-refractivity contribution is 5.97. The molecule has 2 bridgehead atoms. The van der Waals surface area contributed by atoms with E-state index in [4.69, 9.17) is 9.57 Å². The van der Waals surface area contributed by atoms with Crippen molar-refractivity contribution in [3.63, 3.8) is 0 Å². The fourth-order valence-corrected chi connectivity index (χ4v) is 8.39. The van der Waals surface area contributed by atoms with E-state index in [-0.39, 0.29) is 36.4 Å². The zero-order chi connectivity index (χ0) is 35.8. The first-order chi connectivity index (χ1) is 23.2. The lowest BCUT2D eigenvalue weighted by molar-refractivity contribution is -0.183. The van der Waals surface area contributed by atoms with Gasteiger partial charge in [0.25, 0.3) is 5.91 Å². The van der Waals surface area contributed by atoms with Gasteiger partial charge in [-0.1, -0.05) is 39.0 Å². The van der Waals surface area contributed by atoms with E-state index in [1.165, 1.54) is 6.42 Å². The van der Waals surface area contributed by atoms with Crippen molar-refractivity contribution in [3.05, 3.63) is 47.5 Å². The normalized spacial score (nSPS) is 28.1. The standard InChI is InChI=1S/C38H57N5O6/c1-22-30-18-27(38(30,3)4)19-31(22)40-37(47)34-33(23(2)45)32(21-44)49-43(34)20-24-11-10-12-29(35(24)48-14-13-41(6)7)25-15-26(36(46)39-5)17-28(16-25)42(8)9/h10-12,15-17,22-23,27,30-34,44-45H,13-14,18-21H2,1-9H3,(H,39,46)(H,40,47)/t22-,23-,27-,30-,31?,32-,33+,34-/m0/s1.